The van der Waals surface area contributed by atoms with E-state index in [9.17, 15) is 9.90 Å². The van der Waals surface area contributed by atoms with Crippen molar-refractivity contribution in [2.45, 2.75) is 32.3 Å². The van der Waals surface area contributed by atoms with E-state index in [1.54, 1.807) is 18.9 Å². The SMILES string of the molecule is Cc1oc(-c2cccs2)nc1C(=O)N(C)C[C@@H]1CCC[C@@H]1O. The van der Waals surface area contributed by atoms with Crippen LogP contribution in [0.4, 0.5) is 0 Å². The second kappa shape index (κ2) is 6.22. The molecule has 0 aliphatic heterocycles. The number of aliphatic hydroxyl groups excluding tert-OH is 1. The fraction of sp³-hybridized carbons (Fsp3) is 0.500. The molecule has 6 heteroatoms. The van der Waals surface area contributed by atoms with Crippen LogP contribution in [0.2, 0.25) is 0 Å². The minimum absolute atomic E-state index is 0.150. The van der Waals surface area contributed by atoms with E-state index in [-0.39, 0.29) is 17.9 Å². The smallest absolute Gasteiger partial charge is 0.275 e. The number of aliphatic hydroxyl groups is 1. The summed E-state index contributed by atoms with van der Waals surface area (Å²) in [5.41, 5.74) is 0.360. The van der Waals surface area contributed by atoms with Gasteiger partial charge in [-0.05, 0) is 31.2 Å². The lowest BCUT2D eigenvalue weighted by Gasteiger charge is -2.22. The first-order chi connectivity index (χ1) is 10.6. The van der Waals surface area contributed by atoms with Gasteiger partial charge in [-0.1, -0.05) is 12.5 Å². The molecule has 22 heavy (non-hydrogen) atoms. The second-order valence-electron chi connectivity index (χ2n) is 5.85. The number of hydrogen-bond acceptors (Lipinski definition) is 5. The van der Waals surface area contributed by atoms with Crippen LogP contribution in [0.5, 0.6) is 0 Å². The first-order valence-corrected chi connectivity index (χ1v) is 8.39. The molecule has 1 fully saturated rings. The van der Waals surface area contributed by atoms with E-state index in [1.807, 2.05) is 17.5 Å². The van der Waals surface area contributed by atoms with E-state index in [4.69, 9.17) is 4.42 Å². The Kier molecular flexibility index (Phi) is 4.31. The summed E-state index contributed by atoms with van der Waals surface area (Å²) in [5.74, 6) is 1.04. The molecule has 118 valence electrons. The van der Waals surface area contributed by atoms with E-state index < -0.39 is 0 Å². The van der Waals surface area contributed by atoms with Gasteiger partial charge in [0.25, 0.3) is 5.91 Å². The molecule has 0 spiro atoms. The van der Waals surface area contributed by atoms with Gasteiger partial charge in [0, 0.05) is 19.5 Å². The van der Waals surface area contributed by atoms with Gasteiger partial charge in [0.05, 0.1) is 11.0 Å². The summed E-state index contributed by atoms with van der Waals surface area (Å²) >= 11 is 1.53. The van der Waals surface area contributed by atoms with Crippen molar-refractivity contribution in [1.82, 2.24) is 9.88 Å². The van der Waals surface area contributed by atoms with Gasteiger partial charge in [-0.2, -0.15) is 0 Å². The van der Waals surface area contributed by atoms with Crippen molar-refractivity contribution in [3.63, 3.8) is 0 Å². The standard InChI is InChI=1S/C16H20N2O3S/c1-10-14(17-15(21-10)13-7-4-8-22-13)16(20)18(2)9-11-5-3-6-12(11)19/h4,7-8,11-12,19H,3,5-6,9H2,1-2H3/t11-,12-/m0/s1. The van der Waals surface area contributed by atoms with Gasteiger partial charge in [-0.3, -0.25) is 4.79 Å². The Balaban J connectivity index is 1.74. The van der Waals surface area contributed by atoms with Crippen LogP contribution in [-0.4, -0.2) is 40.6 Å². The number of carbonyl (C=O) groups is 1. The van der Waals surface area contributed by atoms with E-state index in [2.05, 4.69) is 4.98 Å². The van der Waals surface area contributed by atoms with Crippen LogP contribution >= 0.6 is 11.3 Å². The monoisotopic (exact) mass is 320 g/mol. The zero-order chi connectivity index (χ0) is 15.7. The summed E-state index contributed by atoms with van der Waals surface area (Å²) in [6.07, 6.45) is 2.53. The molecule has 1 saturated carbocycles. The number of amides is 1. The third-order valence-corrected chi connectivity index (χ3v) is 5.06. The highest BCUT2D eigenvalue weighted by Gasteiger charge is 2.29. The maximum absolute atomic E-state index is 12.6. The van der Waals surface area contributed by atoms with E-state index in [1.165, 1.54) is 11.3 Å². The fourth-order valence-corrected chi connectivity index (χ4v) is 3.60. The third-order valence-electron chi connectivity index (χ3n) is 4.21. The highest BCUT2D eigenvalue weighted by atomic mass is 32.1. The lowest BCUT2D eigenvalue weighted by atomic mass is 10.1. The molecule has 1 aliphatic carbocycles. The summed E-state index contributed by atoms with van der Waals surface area (Å²) in [6, 6.07) is 3.84. The van der Waals surface area contributed by atoms with Crippen molar-refractivity contribution in [3.05, 3.63) is 29.0 Å². The number of thiophene rings is 1. The highest BCUT2D eigenvalue weighted by Crippen LogP contribution is 2.28. The molecule has 1 aliphatic rings. The molecule has 0 bridgehead atoms. The second-order valence-corrected chi connectivity index (χ2v) is 6.79. The maximum atomic E-state index is 12.6. The van der Waals surface area contributed by atoms with Gasteiger partial charge in [0.15, 0.2) is 5.69 Å². The van der Waals surface area contributed by atoms with Crippen molar-refractivity contribution in [2.75, 3.05) is 13.6 Å². The predicted octanol–water partition coefficient (Wildman–Crippen LogP) is 2.94. The molecule has 0 saturated heterocycles. The topological polar surface area (TPSA) is 66.6 Å². The number of aryl methyl sites for hydroxylation is 1. The minimum Gasteiger partial charge on any atom is -0.440 e. The Hall–Kier alpha value is -1.66. The molecule has 2 aromatic heterocycles. The summed E-state index contributed by atoms with van der Waals surface area (Å²) < 4.78 is 5.62. The Labute approximate surface area is 133 Å². The third kappa shape index (κ3) is 2.94. The summed E-state index contributed by atoms with van der Waals surface area (Å²) in [6.45, 7) is 2.32. The van der Waals surface area contributed by atoms with Crippen LogP contribution in [0.25, 0.3) is 10.8 Å². The first-order valence-electron chi connectivity index (χ1n) is 7.51. The molecule has 0 unspecified atom stereocenters. The predicted molar refractivity (Wildman–Crippen MR) is 84.9 cm³/mol. The van der Waals surface area contributed by atoms with Crippen molar-refractivity contribution in [3.8, 4) is 10.8 Å². The van der Waals surface area contributed by atoms with Crippen LogP contribution < -0.4 is 0 Å². The van der Waals surface area contributed by atoms with Gasteiger partial charge in [0.1, 0.15) is 5.76 Å². The normalized spacial score (nSPS) is 21.2. The largest absolute Gasteiger partial charge is 0.440 e. The molecule has 1 amide bonds. The molecule has 2 heterocycles. The average Bonchev–Trinajstić information content (AvgIpc) is 3.20. The summed E-state index contributed by atoms with van der Waals surface area (Å²) in [7, 11) is 1.76. The molecule has 3 rings (SSSR count). The summed E-state index contributed by atoms with van der Waals surface area (Å²) in [5, 5.41) is 11.9. The molecule has 2 atom stereocenters. The van der Waals surface area contributed by atoms with E-state index in [0.29, 0.717) is 23.9 Å². The number of oxazole rings is 1. The first kappa shape index (κ1) is 15.2. The Morgan fingerprint density at radius 1 is 1.55 bits per heavy atom. The summed E-state index contributed by atoms with van der Waals surface area (Å²) in [4.78, 5) is 19.5. The van der Waals surface area contributed by atoms with Gasteiger partial charge in [-0.25, -0.2) is 4.98 Å². The van der Waals surface area contributed by atoms with Crippen LogP contribution in [0, 0.1) is 12.8 Å². The minimum atomic E-state index is -0.296. The molecule has 2 aromatic rings. The van der Waals surface area contributed by atoms with Crippen molar-refractivity contribution < 1.29 is 14.3 Å². The average molecular weight is 320 g/mol. The van der Waals surface area contributed by atoms with Crippen LogP contribution in [0.1, 0.15) is 35.5 Å². The van der Waals surface area contributed by atoms with Gasteiger partial charge >= 0.3 is 0 Å². The Morgan fingerprint density at radius 3 is 3.00 bits per heavy atom. The van der Waals surface area contributed by atoms with E-state index >= 15 is 0 Å². The quantitative estimate of drug-likeness (QED) is 0.940. The number of hydrogen-bond donors (Lipinski definition) is 1. The lowest BCUT2D eigenvalue weighted by molar-refractivity contribution is 0.0687. The molecular weight excluding hydrogens is 300 g/mol. The number of aromatic nitrogens is 1. The van der Waals surface area contributed by atoms with Crippen molar-refractivity contribution in [1.29, 1.82) is 0 Å². The zero-order valence-corrected chi connectivity index (χ0v) is 13.6. The molecular formula is C16H20N2O3S. The highest BCUT2D eigenvalue weighted by molar-refractivity contribution is 7.13. The van der Waals surface area contributed by atoms with Gasteiger partial charge in [0.2, 0.25) is 5.89 Å². The molecule has 5 nitrogen and oxygen atoms in total. The fourth-order valence-electron chi connectivity index (χ4n) is 2.95. The molecule has 0 aromatic carbocycles. The maximum Gasteiger partial charge on any atom is 0.275 e. The van der Waals surface area contributed by atoms with E-state index in [0.717, 1.165) is 24.1 Å². The number of rotatable bonds is 4. The number of carbonyl (C=O) groups excluding carboxylic acids is 1. The zero-order valence-electron chi connectivity index (χ0n) is 12.8. The van der Waals surface area contributed by atoms with Crippen LogP contribution in [-0.2, 0) is 0 Å². The van der Waals surface area contributed by atoms with Crippen LogP contribution in [0.3, 0.4) is 0 Å². The van der Waals surface area contributed by atoms with Gasteiger partial charge in [-0.15, -0.1) is 11.3 Å². The molecule has 1 N–H and O–H groups in total. The van der Waals surface area contributed by atoms with Gasteiger partial charge < -0.3 is 14.4 Å². The Morgan fingerprint density at radius 2 is 2.36 bits per heavy atom. The Bertz CT molecular complexity index is 650. The van der Waals surface area contributed by atoms with Crippen molar-refractivity contribution >= 4 is 17.2 Å². The van der Waals surface area contributed by atoms with Crippen LogP contribution in [0.15, 0.2) is 21.9 Å². The lowest BCUT2D eigenvalue weighted by Crippen LogP contribution is -2.35. The van der Waals surface area contributed by atoms with Crippen molar-refractivity contribution in [2.24, 2.45) is 5.92 Å². The number of nitrogens with zero attached hydrogens (tertiary/aromatic N) is 2. The molecule has 0 radical (unpaired) electrons.